The molecular formula is C36H38ClF2N3O7S. The summed E-state index contributed by atoms with van der Waals surface area (Å²) in [6.07, 6.45) is -0.223. The van der Waals surface area contributed by atoms with E-state index in [2.05, 4.69) is 5.32 Å². The fourth-order valence-electron chi connectivity index (χ4n) is 5.91. The van der Waals surface area contributed by atoms with Crippen LogP contribution in [0.2, 0.25) is 5.02 Å². The number of aromatic nitrogens is 1. The second-order valence-corrected chi connectivity index (χ2v) is 14.7. The molecule has 1 aliphatic heterocycles. The number of carbonyl (C=O) groups excluding carboxylic acids is 3. The van der Waals surface area contributed by atoms with Gasteiger partial charge in [-0.25, -0.2) is 8.78 Å². The number of nitrogens with one attached hydrogen (secondary N) is 1. The standard InChI is InChI=1S/C36H38ClF2N3O7S/c1-22(45)28-17-41(31-11-10-24(15-27(28)31)49-12-13-50(48)21-36(2,19-43)20-44)18-33(46)42-16-23(38)14-32(42)35(47)40-30-9-5-7-26(34(30)39)25-6-3-4-8-29(25)37/h3-11,15,17,23,32,43-44H,12-14,16,18-21H2,1-2H3,(H,40,47)/t23-,32+,50?/m1/s1. The van der Waals surface area contributed by atoms with Crippen LogP contribution < -0.4 is 10.1 Å². The number of benzene rings is 3. The maximum atomic E-state index is 15.5. The van der Waals surface area contributed by atoms with Crippen molar-refractivity contribution in [1.29, 1.82) is 0 Å². The highest BCUT2D eigenvalue weighted by Gasteiger charge is 2.40. The van der Waals surface area contributed by atoms with Gasteiger partial charge in [-0.1, -0.05) is 48.9 Å². The number of carbonyl (C=O) groups is 3. The van der Waals surface area contributed by atoms with Crippen molar-refractivity contribution < 1.29 is 42.3 Å². The van der Waals surface area contributed by atoms with Crippen molar-refractivity contribution in [2.45, 2.75) is 39.0 Å². The van der Waals surface area contributed by atoms with Crippen LogP contribution in [0.25, 0.3) is 22.0 Å². The summed E-state index contributed by atoms with van der Waals surface area (Å²) in [5, 5.41) is 22.3. The molecule has 1 fully saturated rings. The molecule has 10 nitrogen and oxygen atoms in total. The average Bonchev–Trinajstić information content (AvgIpc) is 3.66. The van der Waals surface area contributed by atoms with Gasteiger partial charge in [0.2, 0.25) is 11.8 Å². The van der Waals surface area contributed by atoms with E-state index in [1.807, 2.05) is 0 Å². The lowest BCUT2D eigenvalue weighted by molar-refractivity contribution is -0.137. The minimum absolute atomic E-state index is 0.0800. The van der Waals surface area contributed by atoms with E-state index in [4.69, 9.17) is 16.3 Å². The van der Waals surface area contributed by atoms with Crippen LogP contribution in [0.4, 0.5) is 14.5 Å². The Labute approximate surface area is 295 Å². The molecule has 0 saturated carbocycles. The van der Waals surface area contributed by atoms with Gasteiger partial charge in [-0.15, -0.1) is 0 Å². The molecule has 1 aromatic heterocycles. The summed E-state index contributed by atoms with van der Waals surface area (Å²) in [6, 6.07) is 14.9. The van der Waals surface area contributed by atoms with Crippen molar-refractivity contribution in [3.63, 3.8) is 0 Å². The fourth-order valence-corrected chi connectivity index (χ4v) is 7.52. The second-order valence-electron chi connectivity index (χ2n) is 12.7. The Balaban J connectivity index is 1.29. The van der Waals surface area contributed by atoms with Crippen molar-refractivity contribution in [3.05, 3.63) is 83.3 Å². The molecule has 1 unspecified atom stereocenters. The first-order valence-electron chi connectivity index (χ1n) is 15.9. The van der Waals surface area contributed by atoms with Crippen LogP contribution in [0.5, 0.6) is 5.75 Å². The van der Waals surface area contributed by atoms with Crippen LogP contribution in [-0.4, -0.2) is 91.6 Å². The predicted octanol–water partition coefficient (Wildman–Crippen LogP) is 5.00. The number of alkyl halides is 1. The number of nitrogens with zero attached hydrogens (tertiary/aromatic N) is 2. The fraction of sp³-hybridized carbons (Fsp3) is 0.361. The molecule has 266 valence electrons. The maximum absolute atomic E-state index is 15.5. The molecule has 0 spiro atoms. The van der Waals surface area contributed by atoms with Gasteiger partial charge in [-0.05, 0) is 37.3 Å². The molecule has 50 heavy (non-hydrogen) atoms. The van der Waals surface area contributed by atoms with Gasteiger partial charge in [0.25, 0.3) is 0 Å². The van der Waals surface area contributed by atoms with E-state index in [1.165, 1.54) is 25.3 Å². The number of Topliss-reactive ketones (excluding diaryl/α,β-unsaturated/α-hetero) is 1. The van der Waals surface area contributed by atoms with Gasteiger partial charge in [-0.3, -0.25) is 18.6 Å². The van der Waals surface area contributed by atoms with Crippen LogP contribution in [0, 0.1) is 11.2 Å². The number of aliphatic hydroxyl groups is 2. The molecule has 0 bridgehead atoms. The van der Waals surface area contributed by atoms with Crippen LogP contribution >= 0.6 is 11.6 Å². The topological polar surface area (TPSA) is 138 Å². The summed E-state index contributed by atoms with van der Waals surface area (Å²) < 4.78 is 50.1. The summed E-state index contributed by atoms with van der Waals surface area (Å²) in [5.41, 5.74) is 0.440. The average molecular weight is 730 g/mol. The van der Waals surface area contributed by atoms with Crippen molar-refractivity contribution in [2.75, 3.05) is 43.2 Å². The molecule has 14 heteroatoms. The largest absolute Gasteiger partial charge is 0.493 e. The van der Waals surface area contributed by atoms with E-state index < -0.39 is 46.1 Å². The molecule has 4 aromatic rings. The van der Waals surface area contributed by atoms with E-state index in [9.17, 15) is 33.2 Å². The first-order chi connectivity index (χ1) is 23.8. The van der Waals surface area contributed by atoms with Gasteiger partial charge < -0.3 is 29.7 Å². The van der Waals surface area contributed by atoms with E-state index >= 15 is 4.39 Å². The Morgan fingerprint density at radius 1 is 1.08 bits per heavy atom. The molecule has 1 aliphatic rings. The molecule has 5 rings (SSSR count). The molecule has 3 N–H and O–H groups in total. The monoisotopic (exact) mass is 729 g/mol. The Kier molecular flexibility index (Phi) is 11.7. The number of anilines is 1. The van der Waals surface area contributed by atoms with Gasteiger partial charge in [0.1, 0.15) is 24.5 Å². The van der Waals surface area contributed by atoms with Gasteiger partial charge in [0, 0.05) is 67.2 Å². The smallest absolute Gasteiger partial charge is 0.247 e. The Hall–Kier alpha value is -4.17. The van der Waals surface area contributed by atoms with E-state index in [0.717, 1.165) is 4.90 Å². The lowest BCUT2D eigenvalue weighted by atomic mass is 9.96. The van der Waals surface area contributed by atoms with Crippen molar-refractivity contribution >= 4 is 56.6 Å². The van der Waals surface area contributed by atoms with Crippen LogP contribution in [0.1, 0.15) is 30.6 Å². The minimum Gasteiger partial charge on any atom is -0.493 e. The summed E-state index contributed by atoms with van der Waals surface area (Å²) in [5.74, 6) is -1.64. The number of rotatable bonds is 14. The summed E-state index contributed by atoms with van der Waals surface area (Å²) in [4.78, 5) is 40.7. The van der Waals surface area contributed by atoms with Gasteiger partial charge in [0.05, 0.1) is 37.8 Å². The summed E-state index contributed by atoms with van der Waals surface area (Å²) >= 11 is 6.26. The van der Waals surface area contributed by atoms with Gasteiger partial charge in [-0.2, -0.15) is 0 Å². The number of ether oxygens (including phenoxy) is 1. The highest BCUT2D eigenvalue weighted by Crippen LogP contribution is 2.33. The quantitative estimate of drug-likeness (QED) is 0.155. The third kappa shape index (κ3) is 8.23. The van der Waals surface area contributed by atoms with E-state index in [0.29, 0.717) is 32.8 Å². The number of amides is 2. The van der Waals surface area contributed by atoms with Crippen LogP contribution in [0.3, 0.4) is 0 Å². The first kappa shape index (κ1) is 37.1. The molecule has 1 saturated heterocycles. The maximum Gasteiger partial charge on any atom is 0.247 e. The zero-order valence-corrected chi connectivity index (χ0v) is 29.1. The lowest BCUT2D eigenvalue weighted by Crippen LogP contribution is -2.44. The minimum atomic E-state index is -1.47. The van der Waals surface area contributed by atoms with Crippen molar-refractivity contribution in [2.24, 2.45) is 5.41 Å². The molecule has 0 radical (unpaired) electrons. The zero-order chi connectivity index (χ0) is 36.2. The number of halogens is 3. The highest BCUT2D eigenvalue weighted by atomic mass is 35.5. The molecular weight excluding hydrogens is 692 g/mol. The summed E-state index contributed by atoms with van der Waals surface area (Å²) in [7, 11) is -1.36. The third-order valence-corrected chi connectivity index (χ3v) is 10.7. The number of likely N-dealkylation sites (tertiary alicyclic amines) is 1. The predicted molar refractivity (Wildman–Crippen MR) is 188 cm³/mol. The third-order valence-electron chi connectivity index (χ3n) is 8.68. The molecule has 2 amide bonds. The van der Waals surface area contributed by atoms with Crippen molar-refractivity contribution in [1.82, 2.24) is 9.47 Å². The number of fused-ring (bicyclic) bond motifs is 1. The molecule has 0 aliphatic carbocycles. The number of hydrogen-bond acceptors (Lipinski definition) is 7. The number of ketones is 1. The zero-order valence-electron chi connectivity index (χ0n) is 27.5. The lowest BCUT2D eigenvalue weighted by Gasteiger charge is -2.24. The molecule has 2 heterocycles. The summed E-state index contributed by atoms with van der Waals surface area (Å²) in [6.45, 7) is 1.86. The molecule has 3 atom stereocenters. The highest BCUT2D eigenvalue weighted by molar-refractivity contribution is 7.85. The van der Waals surface area contributed by atoms with E-state index in [-0.39, 0.29) is 67.9 Å². The van der Waals surface area contributed by atoms with Crippen LogP contribution in [0.15, 0.2) is 66.9 Å². The van der Waals surface area contributed by atoms with Gasteiger partial charge in [0.15, 0.2) is 11.6 Å². The van der Waals surface area contributed by atoms with Crippen molar-refractivity contribution in [3.8, 4) is 16.9 Å². The first-order valence-corrected chi connectivity index (χ1v) is 17.8. The second kappa shape index (κ2) is 15.8. The Morgan fingerprint density at radius 2 is 1.80 bits per heavy atom. The van der Waals surface area contributed by atoms with E-state index in [1.54, 1.807) is 60.0 Å². The van der Waals surface area contributed by atoms with Gasteiger partial charge >= 0.3 is 0 Å². The molecule has 3 aromatic carbocycles. The van der Waals surface area contributed by atoms with Crippen LogP contribution in [-0.2, 0) is 26.9 Å². The normalized spacial score (nSPS) is 16.8. The number of aliphatic hydroxyl groups excluding tert-OH is 2. The Morgan fingerprint density at radius 3 is 2.50 bits per heavy atom. The Bertz CT molecular complexity index is 1930. The number of hydrogen-bond donors (Lipinski definition) is 3. The SMILES string of the molecule is CC(=O)c1cn(CC(=O)N2C[C@H](F)C[C@H]2C(=O)Nc2cccc(-c3ccccc3Cl)c2F)c2ccc(OCCS(=O)CC(C)(CO)CO)cc12.